The van der Waals surface area contributed by atoms with E-state index in [1.165, 1.54) is 44.8 Å². The monoisotopic (exact) mass is 432 g/mol. The van der Waals surface area contributed by atoms with Crippen LogP contribution in [0.3, 0.4) is 0 Å². The molecule has 0 radical (unpaired) electrons. The van der Waals surface area contributed by atoms with Crippen LogP contribution in [0.25, 0.3) is 11.4 Å². The first kappa shape index (κ1) is 21.0. The number of hydrogen-bond donors (Lipinski definition) is 2. The number of rotatable bonds is 8. The summed E-state index contributed by atoms with van der Waals surface area (Å²) in [5.41, 5.74) is 0.621. The number of methoxy groups -OCH3 is 2. The van der Waals surface area contributed by atoms with Crippen molar-refractivity contribution in [3.8, 4) is 29.2 Å². The normalized spacial score (nSPS) is 11.0. The predicted octanol–water partition coefficient (Wildman–Crippen LogP) is 2.28. The second-order valence-electron chi connectivity index (χ2n) is 5.89. The van der Waals surface area contributed by atoms with Crippen LogP contribution in [0.4, 0.5) is 10.3 Å². The molecule has 156 valence electrons. The number of aromatic nitrogens is 4. The van der Waals surface area contributed by atoms with Crippen molar-refractivity contribution >= 4 is 16.0 Å². The fourth-order valence-electron chi connectivity index (χ4n) is 2.65. The van der Waals surface area contributed by atoms with Crippen LogP contribution < -0.4 is 14.2 Å². The van der Waals surface area contributed by atoms with Crippen LogP contribution in [0.15, 0.2) is 35.5 Å². The Morgan fingerprint density at radius 3 is 2.57 bits per heavy atom. The molecule has 0 aliphatic rings. The summed E-state index contributed by atoms with van der Waals surface area (Å²) >= 11 is 0. The van der Waals surface area contributed by atoms with Crippen LogP contribution >= 0.6 is 0 Å². The summed E-state index contributed by atoms with van der Waals surface area (Å²) in [5.74, 6) is -0.710. The van der Waals surface area contributed by atoms with Gasteiger partial charge in [-0.1, -0.05) is 0 Å². The van der Waals surface area contributed by atoms with Crippen LogP contribution in [-0.2, 0) is 16.4 Å². The number of anilines is 1. The van der Waals surface area contributed by atoms with E-state index < -0.39 is 15.8 Å². The summed E-state index contributed by atoms with van der Waals surface area (Å²) in [6, 6.07) is 5.89. The van der Waals surface area contributed by atoms with E-state index in [4.69, 9.17) is 14.7 Å². The van der Waals surface area contributed by atoms with Crippen LogP contribution in [-0.4, -0.2) is 42.6 Å². The van der Waals surface area contributed by atoms with Gasteiger partial charge in [0.2, 0.25) is 17.7 Å². The maximum atomic E-state index is 13.9. The third-order valence-electron chi connectivity index (χ3n) is 4.01. The fraction of sp³-hybridized carbons (Fsp3) is 0.222. The third kappa shape index (κ3) is 4.31. The highest BCUT2D eigenvalue weighted by Gasteiger charge is 2.22. The van der Waals surface area contributed by atoms with Gasteiger partial charge in [0.15, 0.2) is 5.82 Å². The Bertz CT molecular complexity index is 1180. The molecule has 0 aromatic carbocycles. The van der Waals surface area contributed by atoms with Gasteiger partial charge in [0.05, 0.1) is 31.5 Å². The number of nitriles is 1. The molecule has 2 N–H and O–H groups in total. The van der Waals surface area contributed by atoms with E-state index in [0.29, 0.717) is 5.56 Å². The summed E-state index contributed by atoms with van der Waals surface area (Å²) in [7, 11) is -1.40. The van der Waals surface area contributed by atoms with Crippen molar-refractivity contribution in [2.45, 2.75) is 17.7 Å². The van der Waals surface area contributed by atoms with E-state index in [2.05, 4.69) is 24.7 Å². The molecule has 0 amide bonds. The molecule has 3 heterocycles. The molecule has 10 nitrogen and oxygen atoms in total. The van der Waals surface area contributed by atoms with Gasteiger partial charge in [-0.05, 0) is 24.6 Å². The van der Waals surface area contributed by atoms with Crippen LogP contribution in [0, 0.1) is 17.1 Å². The molecule has 12 heteroatoms. The molecule has 30 heavy (non-hydrogen) atoms. The Labute approximate surface area is 171 Å². The average molecular weight is 432 g/mol. The summed E-state index contributed by atoms with van der Waals surface area (Å²) < 4.78 is 52.0. The predicted molar refractivity (Wildman–Crippen MR) is 104 cm³/mol. The minimum Gasteiger partial charge on any atom is -0.481 e. The number of nitrogens with zero attached hydrogens (tertiary/aromatic N) is 4. The summed E-state index contributed by atoms with van der Waals surface area (Å²) in [6.07, 6.45) is 3.04. The highest BCUT2D eigenvalue weighted by Crippen LogP contribution is 2.29. The SMILES string of the molecule is COc1nc(NS(=O)(=O)c2c[nH]c(-c3ncccc3F)c2)nc(OC)c1CCC#N. The van der Waals surface area contributed by atoms with E-state index in [0.717, 1.165) is 0 Å². The number of ether oxygens (including phenoxy) is 2. The van der Waals surface area contributed by atoms with Gasteiger partial charge in [-0.15, -0.1) is 0 Å². The van der Waals surface area contributed by atoms with E-state index in [1.54, 1.807) is 0 Å². The molecule has 0 fully saturated rings. The van der Waals surface area contributed by atoms with Gasteiger partial charge in [0, 0.05) is 18.8 Å². The maximum Gasteiger partial charge on any atom is 0.265 e. The Kier molecular flexibility index (Phi) is 6.12. The maximum absolute atomic E-state index is 13.9. The Morgan fingerprint density at radius 2 is 1.97 bits per heavy atom. The summed E-state index contributed by atoms with van der Waals surface area (Å²) in [4.78, 5) is 14.5. The number of aromatic amines is 1. The number of hydrogen-bond acceptors (Lipinski definition) is 8. The molecular weight excluding hydrogens is 415 g/mol. The topological polar surface area (TPSA) is 143 Å². The number of pyridine rings is 1. The molecule has 0 saturated carbocycles. The summed E-state index contributed by atoms with van der Waals surface area (Å²) in [5, 5.41) is 8.79. The molecule has 3 aromatic rings. The number of halogens is 1. The number of sulfonamides is 1. The molecule has 0 saturated heterocycles. The quantitative estimate of drug-likeness (QED) is 0.552. The van der Waals surface area contributed by atoms with Gasteiger partial charge in [-0.3, -0.25) is 4.98 Å². The zero-order valence-corrected chi connectivity index (χ0v) is 16.8. The van der Waals surface area contributed by atoms with Crippen molar-refractivity contribution in [2.24, 2.45) is 0 Å². The molecule has 0 spiro atoms. The Balaban J connectivity index is 1.92. The smallest absolute Gasteiger partial charge is 0.265 e. The minimum absolute atomic E-state index is 0.0135. The second-order valence-corrected chi connectivity index (χ2v) is 7.57. The Morgan fingerprint density at radius 1 is 1.27 bits per heavy atom. The third-order valence-corrected chi connectivity index (χ3v) is 5.32. The molecule has 0 aliphatic heterocycles. The molecule has 0 unspecified atom stereocenters. The largest absolute Gasteiger partial charge is 0.481 e. The second kappa shape index (κ2) is 8.75. The van der Waals surface area contributed by atoms with Crippen molar-refractivity contribution in [2.75, 3.05) is 18.9 Å². The zero-order valence-electron chi connectivity index (χ0n) is 16.0. The molecular formula is C18H17FN6O4S. The molecule has 0 aliphatic carbocycles. The molecule has 3 aromatic heterocycles. The van der Waals surface area contributed by atoms with Crippen molar-refractivity contribution in [3.05, 3.63) is 42.0 Å². The molecule has 3 rings (SSSR count). The zero-order chi connectivity index (χ0) is 21.7. The van der Waals surface area contributed by atoms with Crippen molar-refractivity contribution in [3.63, 3.8) is 0 Å². The lowest BCUT2D eigenvalue weighted by molar-refractivity contribution is 0.364. The van der Waals surface area contributed by atoms with E-state index in [9.17, 15) is 12.8 Å². The Hall–Kier alpha value is -3.72. The first-order valence-corrected chi connectivity index (χ1v) is 10.1. The van der Waals surface area contributed by atoms with Gasteiger partial charge >= 0.3 is 0 Å². The van der Waals surface area contributed by atoms with Gasteiger partial charge in [-0.25, -0.2) is 17.5 Å². The van der Waals surface area contributed by atoms with Crippen LogP contribution in [0.5, 0.6) is 11.8 Å². The lowest BCUT2D eigenvalue weighted by Gasteiger charge is -2.13. The van der Waals surface area contributed by atoms with Crippen LogP contribution in [0.1, 0.15) is 12.0 Å². The van der Waals surface area contributed by atoms with Crippen LogP contribution in [0.2, 0.25) is 0 Å². The summed E-state index contributed by atoms with van der Waals surface area (Å²) in [6.45, 7) is 0. The average Bonchev–Trinajstić information content (AvgIpc) is 3.23. The number of H-pyrrole nitrogens is 1. The molecule has 0 bridgehead atoms. The van der Waals surface area contributed by atoms with Gasteiger partial charge in [0.1, 0.15) is 10.6 Å². The van der Waals surface area contributed by atoms with Crippen molar-refractivity contribution in [1.29, 1.82) is 5.26 Å². The fourth-order valence-corrected chi connectivity index (χ4v) is 3.59. The van der Waals surface area contributed by atoms with Crippen molar-refractivity contribution < 1.29 is 22.3 Å². The number of nitrogens with one attached hydrogen (secondary N) is 2. The van der Waals surface area contributed by atoms with Crippen molar-refractivity contribution in [1.82, 2.24) is 19.9 Å². The first-order valence-electron chi connectivity index (χ1n) is 8.57. The van der Waals surface area contributed by atoms with Gasteiger partial charge < -0.3 is 14.5 Å². The van der Waals surface area contributed by atoms with Gasteiger partial charge in [0.25, 0.3) is 10.0 Å². The van der Waals surface area contributed by atoms with E-state index >= 15 is 0 Å². The standard InChI is InChI=1S/C18H17FN6O4S/c1-28-16-12(5-3-7-20)17(29-2)24-18(23-16)25-30(26,27)11-9-14(22-10-11)15-13(19)6-4-8-21-15/h4,6,8-10,22H,3,5H2,1-2H3,(H,23,24,25). The first-order chi connectivity index (χ1) is 14.4. The lowest BCUT2D eigenvalue weighted by atomic mass is 10.2. The minimum atomic E-state index is -4.11. The highest BCUT2D eigenvalue weighted by atomic mass is 32.2. The molecule has 0 atom stereocenters. The van der Waals surface area contributed by atoms with Gasteiger partial charge in [-0.2, -0.15) is 15.2 Å². The highest BCUT2D eigenvalue weighted by molar-refractivity contribution is 7.92. The lowest BCUT2D eigenvalue weighted by Crippen LogP contribution is -2.16. The van der Waals surface area contributed by atoms with E-state index in [1.807, 2.05) is 6.07 Å². The van der Waals surface area contributed by atoms with E-state index in [-0.39, 0.29) is 46.8 Å².